The van der Waals surface area contributed by atoms with E-state index in [0.717, 1.165) is 16.9 Å². The van der Waals surface area contributed by atoms with Crippen molar-refractivity contribution in [1.82, 2.24) is 0 Å². The van der Waals surface area contributed by atoms with E-state index in [4.69, 9.17) is 0 Å². The van der Waals surface area contributed by atoms with Crippen molar-refractivity contribution in [1.29, 1.82) is 0 Å². The number of hydrogen-bond donors (Lipinski definition) is 2. The van der Waals surface area contributed by atoms with Crippen LogP contribution in [0.15, 0.2) is 42.5 Å². The third-order valence-corrected chi connectivity index (χ3v) is 3.69. The predicted molar refractivity (Wildman–Crippen MR) is 93.6 cm³/mol. The van der Waals surface area contributed by atoms with Gasteiger partial charge in [0.15, 0.2) is 0 Å². The number of carbonyl (C=O) groups is 1. The average molecular weight is 296 g/mol. The summed E-state index contributed by atoms with van der Waals surface area (Å²) in [6.45, 7) is 8.63. The number of hydrogen-bond acceptors (Lipinski definition) is 2. The monoisotopic (exact) mass is 296 g/mol. The van der Waals surface area contributed by atoms with Crippen LogP contribution in [0, 0.1) is 13.8 Å². The molecular weight excluding hydrogens is 272 g/mol. The SMILES string of the molecule is Cc1ccc(NC(=O)CNc2ccc(C(C)C)cc2)c(C)c1. The Morgan fingerprint density at radius 1 is 1.05 bits per heavy atom. The number of amides is 1. The zero-order valence-corrected chi connectivity index (χ0v) is 13.7. The van der Waals surface area contributed by atoms with E-state index in [9.17, 15) is 4.79 Å². The predicted octanol–water partition coefficient (Wildman–Crippen LogP) is 4.48. The molecule has 0 aromatic heterocycles. The van der Waals surface area contributed by atoms with Crippen LogP contribution >= 0.6 is 0 Å². The van der Waals surface area contributed by atoms with Crippen LogP contribution in [0.3, 0.4) is 0 Å². The van der Waals surface area contributed by atoms with Crippen molar-refractivity contribution in [3.63, 3.8) is 0 Å². The van der Waals surface area contributed by atoms with Gasteiger partial charge in [0.25, 0.3) is 0 Å². The minimum absolute atomic E-state index is 0.0418. The van der Waals surface area contributed by atoms with Crippen molar-refractivity contribution >= 4 is 17.3 Å². The minimum Gasteiger partial charge on any atom is -0.376 e. The highest BCUT2D eigenvalue weighted by Gasteiger charge is 2.05. The van der Waals surface area contributed by atoms with Crippen molar-refractivity contribution < 1.29 is 4.79 Å². The van der Waals surface area contributed by atoms with Gasteiger partial charge in [-0.2, -0.15) is 0 Å². The molecule has 3 nitrogen and oxygen atoms in total. The first kappa shape index (κ1) is 16.1. The second-order valence-corrected chi connectivity index (χ2v) is 6.00. The van der Waals surface area contributed by atoms with Crippen molar-refractivity contribution in [3.8, 4) is 0 Å². The summed E-state index contributed by atoms with van der Waals surface area (Å²) in [5, 5.41) is 6.09. The maximum absolute atomic E-state index is 12.0. The Kier molecular flexibility index (Phi) is 5.21. The van der Waals surface area contributed by atoms with Gasteiger partial charge in [0.05, 0.1) is 6.54 Å². The highest BCUT2D eigenvalue weighted by Crippen LogP contribution is 2.18. The molecule has 0 fully saturated rings. The standard InChI is InChI=1S/C19H24N2O/c1-13(2)16-6-8-17(9-7-16)20-12-19(22)21-18-10-5-14(3)11-15(18)4/h5-11,13,20H,12H2,1-4H3,(H,21,22). The van der Waals surface area contributed by atoms with Crippen LogP contribution < -0.4 is 10.6 Å². The van der Waals surface area contributed by atoms with Crippen LogP contribution in [-0.2, 0) is 4.79 Å². The fourth-order valence-corrected chi connectivity index (χ4v) is 2.32. The van der Waals surface area contributed by atoms with Gasteiger partial charge in [-0.15, -0.1) is 0 Å². The molecule has 2 N–H and O–H groups in total. The van der Waals surface area contributed by atoms with Crippen LogP contribution in [-0.4, -0.2) is 12.5 Å². The summed E-state index contributed by atoms with van der Waals surface area (Å²) in [5.41, 5.74) is 5.39. The second kappa shape index (κ2) is 7.12. The number of nitrogens with one attached hydrogen (secondary N) is 2. The molecule has 2 aromatic carbocycles. The first-order valence-corrected chi connectivity index (χ1v) is 7.66. The highest BCUT2D eigenvalue weighted by atomic mass is 16.1. The summed E-state index contributed by atoms with van der Waals surface area (Å²) in [5.74, 6) is 0.474. The molecule has 0 spiro atoms. The molecule has 0 aliphatic rings. The lowest BCUT2D eigenvalue weighted by Gasteiger charge is -2.11. The van der Waals surface area contributed by atoms with Gasteiger partial charge in [-0.05, 0) is 49.1 Å². The summed E-state index contributed by atoms with van der Waals surface area (Å²) in [4.78, 5) is 12.0. The van der Waals surface area contributed by atoms with Crippen LogP contribution in [0.1, 0.15) is 36.5 Å². The van der Waals surface area contributed by atoms with Gasteiger partial charge in [0.2, 0.25) is 5.91 Å². The quantitative estimate of drug-likeness (QED) is 0.854. The van der Waals surface area contributed by atoms with E-state index < -0.39 is 0 Å². The molecule has 1 amide bonds. The smallest absolute Gasteiger partial charge is 0.243 e. The average Bonchev–Trinajstić information content (AvgIpc) is 2.48. The molecule has 0 heterocycles. The third kappa shape index (κ3) is 4.35. The third-order valence-electron chi connectivity index (χ3n) is 3.69. The van der Waals surface area contributed by atoms with E-state index in [2.05, 4.69) is 42.7 Å². The summed E-state index contributed by atoms with van der Waals surface area (Å²) < 4.78 is 0. The Balaban J connectivity index is 1.89. The number of anilines is 2. The molecule has 3 heteroatoms. The lowest BCUT2D eigenvalue weighted by Crippen LogP contribution is -2.22. The molecule has 0 saturated carbocycles. The molecule has 2 aromatic rings. The Morgan fingerprint density at radius 3 is 2.32 bits per heavy atom. The topological polar surface area (TPSA) is 41.1 Å². The maximum Gasteiger partial charge on any atom is 0.243 e. The van der Waals surface area contributed by atoms with E-state index in [-0.39, 0.29) is 12.5 Å². The van der Waals surface area contributed by atoms with Crippen molar-refractivity contribution in [3.05, 3.63) is 59.2 Å². The summed E-state index contributed by atoms with van der Waals surface area (Å²) in [7, 11) is 0. The normalized spacial score (nSPS) is 10.6. The van der Waals surface area contributed by atoms with E-state index >= 15 is 0 Å². The van der Waals surface area contributed by atoms with E-state index in [1.807, 2.05) is 38.1 Å². The van der Waals surface area contributed by atoms with E-state index in [1.165, 1.54) is 11.1 Å². The molecule has 0 saturated heterocycles. The van der Waals surface area contributed by atoms with Crippen LogP contribution in [0.4, 0.5) is 11.4 Å². The van der Waals surface area contributed by atoms with Crippen molar-refractivity contribution in [2.45, 2.75) is 33.6 Å². The Labute approximate surface area is 132 Å². The van der Waals surface area contributed by atoms with Crippen LogP contribution in [0.25, 0.3) is 0 Å². The summed E-state index contributed by atoms with van der Waals surface area (Å²) in [6.07, 6.45) is 0. The van der Waals surface area contributed by atoms with Gasteiger partial charge in [-0.3, -0.25) is 4.79 Å². The summed E-state index contributed by atoms with van der Waals surface area (Å²) >= 11 is 0. The fraction of sp³-hybridized carbons (Fsp3) is 0.316. The zero-order chi connectivity index (χ0) is 16.1. The van der Waals surface area contributed by atoms with Crippen molar-refractivity contribution in [2.75, 3.05) is 17.2 Å². The fourth-order valence-electron chi connectivity index (χ4n) is 2.32. The lowest BCUT2D eigenvalue weighted by atomic mass is 10.0. The van der Waals surface area contributed by atoms with Gasteiger partial charge < -0.3 is 10.6 Å². The van der Waals surface area contributed by atoms with Gasteiger partial charge in [-0.1, -0.05) is 43.7 Å². The van der Waals surface area contributed by atoms with Gasteiger partial charge in [0, 0.05) is 11.4 Å². The Hall–Kier alpha value is -2.29. The second-order valence-electron chi connectivity index (χ2n) is 6.00. The number of aryl methyl sites for hydroxylation is 2. The van der Waals surface area contributed by atoms with Gasteiger partial charge in [-0.25, -0.2) is 0 Å². The molecule has 0 radical (unpaired) electrons. The van der Waals surface area contributed by atoms with Crippen LogP contribution in [0.5, 0.6) is 0 Å². The molecule has 2 rings (SSSR count). The highest BCUT2D eigenvalue weighted by molar-refractivity contribution is 5.94. The Bertz CT molecular complexity index is 645. The van der Waals surface area contributed by atoms with Crippen LogP contribution in [0.2, 0.25) is 0 Å². The number of carbonyl (C=O) groups excluding carboxylic acids is 1. The zero-order valence-electron chi connectivity index (χ0n) is 13.7. The van der Waals surface area contributed by atoms with E-state index in [0.29, 0.717) is 5.92 Å². The first-order chi connectivity index (χ1) is 10.5. The molecule has 0 unspecified atom stereocenters. The molecule has 0 bridgehead atoms. The van der Waals surface area contributed by atoms with Crippen molar-refractivity contribution in [2.24, 2.45) is 0 Å². The number of benzene rings is 2. The number of rotatable bonds is 5. The molecule has 0 aliphatic carbocycles. The summed E-state index contributed by atoms with van der Waals surface area (Å²) in [6, 6.07) is 14.2. The molecule has 0 atom stereocenters. The molecule has 116 valence electrons. The van der Waals surface area contributed by atoms with Gasteiger partial charge >= 0.3 is 0 Å². The maximum atomic E-state index is 12.0. The van der Waals surface area contributed by atoms with E-state index in [1.54, 1.807) is 0 Å². The molecule has 0 aliphatic heterocycles. The van der Waals surface area contributed by atoms with Gasteiger partial charge in [0.1, 0.15) is 0 Å². The molecule has 22 heavy (non-hydrogen) atoms. The first-order valence-electron chi connectivity index (χ1n) is 7.66. The Morgan fingerprint density at radius 2 is 1.73 bits per heavy atom. The molecular formula is C19H24N2O. The minimum atomic E-state index is -0.0418. The lowest BCUT2D eigenvalue weighted by molar-refractivity contribution is -0.114. The largest absolute Gasteiger partial charge is 0.376 e.